The lowest BCUT2D eigenvalue weighted by Gasteiger charge is -2.18. The number of esters is 1. The summed E-state index contributed by atoms with van der Waals surface area (Å²) in [7, 11) is 0. The van der Waals surface area contributed by atoms with E-state index in [2.05, 4.69) is 41.8 Å². The maximum absolute atomic E-state index is 12.5. The molecule has 2 amide bonds. The molecule has 0 unspecified atom stereocenters. The molecule has 3 aromatic carbocycles. The fourth-order valence-electron chi connectivity index (χ4n) is 3.43. The second-order valence-corrected chi connectivity index (χ2v) is 9.34. The fraction of sp³-hybridized carbons (Fsp3) is 0.179. The van der Waals surface area contributed by atoms with Crippen molar-refractivity contribution >= 4 is 17.8 Å². The summed E-state index contributed by atoms with van der Waals surface area (Å²) in [6, 6.07) is 20.5. The number of hydrogen-bond acceptors (Lipinski definition) is 7. The van der Waals surface area contributed by atoms with Gasteiger partial charge in [0.25, 0.3) is 11.8 Å². The van der Waals surface area contributed by atoms with E-state index in [9.17, 15) is 14.4 Å². The van der Waals surface area contributed by atoms with E-state index in [1.807, 2.05) is 24.3 Å². The molecule has 0 fully saturated rings. The quantitative estimate of drug-likeness (QED) is 0.232. The van der Waals surface area contributed by atoms with Gasteiger partial charge in [-0.25, -0.2) is 0 Å². The first-order valence-electron chi connectivity index (χ1n) is 11.5. The molecule has 0 saturated carbocycles. The van der Waals surface area contributed by atoms with Crippen molar-refractivity contribution < 1.29 is 23.5 Å². The molecule has 0 aliphatic rings. The minimum Gasteiger partial charge on any atom is -0.427 e. The fourth-order valence-corrected chi connectivity index (χ4v) is 3.43. The summed E-state index contributed by atoms with van der Waals surface area (Å²) in [5, 5.41) is 8.26. The first-order chi connectivity index (χ1) is 17.6. The lowest BCUT2D eigenvalue weighted by Crippen LogP contribution is -2.41. The van der Waals surface area contributed by atoms with E-state index in [0.29, 0.717) is 28.7 Å². The van der Waals surface area contributed by atoms with Gasteiger partial charge in [-0.1, -0.05) is 32.9 Å². The number of rotatable bonds is 5. The van der Waals surface area contributed by atoms with Crippen LogP contribution in [0.3, 0.4) is 0 Å². The van der Waals surface area contributed by atoms with Crippen LogP contribution in [-0.4, -0.2) is 28.0 Å². The van der Waals surface area contributed by atoms with Crippen LogP contribution < -0.4 is 15.6 Å². The van der Waals surface area contributed by atoms with Gasteiger partial charge in [-0.2, -0.15) is 0 Å². The third-order valence-corrected chi connectivity index (χ3v) is 5.48. The average molecular weight is 499 g/mol. The molecule has 4 aromatic rings. The minimum absolute atomic E-state index is 0.0490. The number of benzene rings is 3. The van der Waals surface area contributed by atoms with Crippen LogP contribution in [0.15, 0.2) is 77.2 Å². The molecule has 0 spiro atoms. The van der Waals surface area contributed by atoms with Gasteiger partial charge in [-0.3, -0.25) is 25.2 Å². The number of hydrogen-bond donors (Lipinski definition) is 2. The lowest BCUT2D eigenvalue weighted by atomic mass is 9.87. The SMILES string of the molecule is CC(=O)Oc1ccc(C(=O)NNC(=O)c2ccc(-c3nnc(-c4ccc(C(C)(C)C)cc4)o3)cc2)cc1. The van der Waals surface area contributed by atoms with E-state index >= 15 is 0 Å². The molecule has 0 aliphatic carbocycles. The number of aromatic nitrogens is 2. The Morgan fingerprint density at radius 2 is 1.14 bits per heavy atom. The topological polar surface area (TPSA) is 123 Å². The van der Waals surface area contributed by atoms with Crippen LogP contribution in [0.25, 0.3) is 22.9 Å². The Kier molecular flexibility index (Phi) is 7.15. The molecular weight excluding hydrogens is 472 g/mol. The second-order valence-electron chi connectivity index (χ2n) is 9.34. The summed E-state index contributed by atoms with van der Waals surface area (Å²) < 4.78 is 10.8. The largest absolute Gasteiger partial charge is 0.427 e. The van der Waals surface area contributed by atoms with Crippen LogP contribution in [0.4, 0.5) is 0 Å². The predicted molar refractivity (Wildman–Crippen MR) is 137 cm³/mol. The van der Waals surface area contributed by atoms with Crippen molar-refractivity contribution in [2.45, 2.75) is 33.1 Å². The molecule has 188 valence electrons. The monoisotopic (exact) mass is 498 g/mol. The number of carbonyl (C=O) groups excluding carboxylic acids is 3. The number of nitrogens with zero attached hydrogens (tertiary/aromatic N) is 2. The summed E-state index contributed by atoms with van der Waals surface area (Å²) in [6.45, 7) is 7.74. The second kappa shape index (κ2) is 10.4. The van der Waals surface area contributed by atoms with Crippen molar-refractivity contribution in [3.63, 3.8) is 0 Å². The van der Waals surface area contributed by atoms with Crippen LogP contribution in [0.1, 0.15) is 54.0 Å². The van der Waals surface area contributed by atoms with Crippen LogP contribution >= 0.6 is 0 Å². The number of carbonyl (C=O) groups is 3. The van der Waals surface area contributed by atoms with Crippen LogP contribution in [0.2, 0.25) is 0 Å². The number of nitrogens with one attached hydrogen (secondary N) is 2. The number of ether oxygens (including phenoxy) is 1. The Morgan fingerprint density at radius 3 is 1.57 bits per heavy atom. The van der Waals surface area contributed by atoms with Crippen molar-refractivity contribution in [1.82, 2.24) is 21.0 Å². The maximum atomic E-state index is 12.5. The number of amides is 2. The van der Waals surface area contributed by atoms with Gasteiger partial charge < -0.3 is 9.15 Å². The summed E-state index contributed by atoms with van der Waals surface area (Å²) in [5.74, 6) is -0.427. The molecule has 1 heterocycles. The van der Waals surface area contributed by atoms with Gasteiger partial charge in [0, 0.05) is 29.2 Å². The molecule has 37 heavy (non-hydrogen) atoms. The number of hydrazine groups is 1. The molecule has 2 N–H and O–H groups in total. The summed E-state index contributed by atoms with van der Waals surface area (Å²) >= 11 is 0. The standard InChI is InChI=1S/C28H26N4O5/c1-17(33)36-23-15-11-19(12-16-23)25(35)30-29-24(34)18-5-7-20(8-6-18)26-31-32-27(37-26)21-9-13-22(14-10-21)28(2,3)4/h5-16H,1-4H3,(H,29,34)(H,30,35). The Hall–Kier alpha value is -4.79. The van der Waals surface area contributed by atoms with E-state index in [1.165, 1.54) is 36.8 Å². The lowest BCUT2D eigenvalue weighted by molar-refractivity contribution is -0.131. The smallest absolute Gasteiger partial charge is 0.308 e. The Labute approximate surface area is 213 Å². The van der Waals surface area contributed by atoms with Gasteiger partial charge in [0.05, 0.1) is 0 Å². The molecule has 0 bridgehead atoms. The molecule has 0 aliphatic heterocycles. The average Bonchev–Trinajstić information content (AvgIpc) is 3.37. The van der Waals surface area contributed by atoms with Crippen LogP contribution in [0, 0.1) is 0 Å². The zero-order chi connectivity index (χ0) is 26.6. The van der Waals surface area contributed by atoms with E-state index in [4.69, 9.17) is 9.15 Å². The molecule has 9 heteroatoms. The Morgan fingerprint density at radius 1 is 0.703 bits per heavy atom. The van der Waals surface area contributed by atoms with Gasteiger partial charge in [-0.05, 0) is 71.6 Å². The highest BCUT2D eigenvalue weighted by Gasteiger charge is 2.16. The van der Waals surface area contributed by atoms with Crippen molar-refractivity contribution in [1.29, 1.82) is 0 Å². The molecule has 0 atom stereocenters. The van der Waals surface area contributed by atoms with Crippen molar-refractivity contribution in [2.75, 3.05) is 0 Å². The van der Waals surface area contributed by atoms with Crippen LogP contribution in [0.5, 0.6) is 5.75 Å². The van der Waals surface area contributed by atoms with Gasteiger partial charge in [-0.15, -0.1) is 10.2 Å². The maximum Gasteiger partial charge on any atom is 0.308 e. The van der Waals surface area contributed by atoms with Gasteiger partial charge in [0.1, 0.15) is 5.75 Å². The summed E-state index contributed by atoms with van der Waals surface area (Å²) in [6.07, 6.45) is 0. The molecule has 0 saturated heterocycles. The molecule has 1 aromatic heterocycles. The minimum atomic E-state index is -0.520. The van der Waals surface area contributed by atoms with E-state index in [0.717, 1.165) is 5.56 Å². The zero-order valence-electron chi connectivity index (χ0n) is 20.9. The Balaban J connectivity index is 1.36. The summed E-state index contributed by atoms with van der Waals surface area (Å²) in [4.78, 5) is 35.7. The van der Waals surface area contributed by atoms with E-state index in [-0.39, 0.29) is 11.0 Å². The first-order valence-corrected chi connectivity index (χ1v) is 11.5. The highest BCUT2D eigenvalue weighted by Crippen LogP contribution is 2.27. The molecule has 0 radical (unpaired) electrons. The van der Waals surface area contributed by atoms with E-state index in [1.54, 1.807) is 24.3 Å². The van der Waals surface area contributed by atoms with Gasteiger partial charge in [0.2, 0.25) is 11.8 Å². The molecular formula is C28H26N4O5. The summed E-state index contributed by atoms with van der Waals surface area (Å²) in [5.41, 5.74) is 8.06. The van der Waals surface area contributed by atoms with Crippen molar-refractivity contribution in [2.24, 2.45) is 0 Å². The zero-order valence-corrected chi connectivity index (χ0v) is 20.9. The highest BCUT2D eigenvalue weighted by molar-refractivity contribution is 5.99. The first kappa shape index (κ1) is 25.3. The van der Waals surface area contributed by atoms with Gasteiger partial charge in [0.15, 0.2) is 0 Å². The predicted octanol–water partition coefficient (Wildman–Crippen LogP) is 4.70. The van der Waals surface area contributed by atoms with Crippen LogP contribution in [-0.2, 0) is 10.2 Å². The van der Waals surface area contributed by atoms with E-state index < -0.39 is 17.8 Å². The van der Waals surface area contributed by atoms with Crippen molar-refractivity contribution in [3.8, 4) is 28.7 Å². The van der Waals surface area contributed by atoms with Gasteiger partial charge >= 0.3 is 5.97 Å². The van der Waals surface area contributed by atoms with Crippen molar-refractivity contribution in [3.05, 3.63) is 89.5 Å². The highest BCUT2D eigenvalue weighted by atomic mass is 16.5. The third kappa shape index (κ3) is 6.26. The normalized spacial score (nSPS) is 11.0. The Bertz CT molecular complexity index is 1420. The molecule has 4 rings (SSSR count). The molecule has 9 nitrogen and oxygen atoms in total. The third-order valence-electron chi connectivity index (χ3n) is 5.48.